The van der Waals surface area contributed by atoms with Crippen LogP contribution in [-0.4, -0.2) is 11.3 Å². The molecule has 0 bridgehead atoms. The van der Waals surface area contributed by atoms with Crippen molar-refractivity contribution in [1.29, 1.82) is 0 Å². The Balaban J connectivity index is 2.52. The third-order valence-electron chi connectivity index (χ3n) is 1.87. The van der Waals surface area contributed by atoms with Crippen LogP contribution in [0.15, 0.2) is 0 Å². The molecule has 0 aliphatic heterocycles. The van der Waals surface area contributed by atoms with E-state index in [9.17, 15) is 0 Å². The standard InChI is InChI=1S/C6H12Br2Si/c1-9(2,3)5-4-6(5,7)8/h5H,4H2,1-3H3/t5-/m1/s1. The highest BCUT2D eigenvalue weighted by atomic mass is 79.9. The summed E-state index contributed by atoms with van der Waals surface area (Å²) in [4.78, 5) is 0. The van der Waals surface area contributed by atoms with Crippen LogP contribution in [-0.2, 0) is 0 Å². The van der Waals surface area contributed by atoms with Crippen molar-refractivity contribution >= 4 is 39.9 Å². The summed E-state index contributed by atoms with van der Waals surface area (Å²) in [5.74, 6) is 0. The van der Waals surface area contributed by atoms with Crippen LogP contribution < -0.4 is 0 Å². The molecule has 0 saturated heterocycles. The summed E-state index contributed by atoms with van der Waals surface area (Å²) in [5, 5.41) is 0. The molecule has 0 spiro atoms. The average molecular weight is 272 g/mol. The van der Waals surface area contributed by atoms with Crippen molar-refractivity contribution in [2.45, 2.75) is 34.8 Å². The lowest BCUT2D eigenvalue weighted by molar-refractivity contribution is 1.32. The van der Waals surface area contributed by atoms with Crippen LogP contribution in [0, 0.1) is 0 Å². The normalized spacial score (nSPS) is 32.3. The minimum absolute atomic E-state index is 0.338. The lowest BCUT2D eigenvalue weighted by atomic mass is 11.0. The summed E-state index contributed by atoms with van der Waals surface area (Å²) in [6, 6.07) is 0. The summed E-state index contributed by atoms with van der Waals surface area (Å²) in [7, 11) is -0.853. The molecule has 0 aromatic carbocycles. The maximum atomic E-state index is 3.64. The molecule has 0 unspecified atom stereocenters. The number of rotatable bonds is 1. The summed E-state index contributed by atoms with van der Waals surface area (Å²) >= 11 is 7.28. The molecular formula is C6H12Br2Si. The lowest BCUT2D eigenvalue weighted by Crippen LogP contribution is -2.22. The number of halogens is 2. The molecule has 0 amide bonds. The molecule has 1 atom stereocenters. The highest BCUT2D eigenvalue weighted by Gasteiger charge is 2.56. The maximum absolute atomic E-state index is 3.64. The molecule has 0 nitrogen and oxygen atoms in total. The minimum atomic E-state index is -0.853. The monoisotopic (exact) mass is 270 g/mol. The number of hydrogen-bond acceptors (Lipinski definition) is 0. The van der Waals surface area contributed by atoms with E-state index in [1.807, 2.05) is 0 Å². The van der Waals surface area contributed by atoms with Crippen molar-refractivity contribution in [3.63, 3.8) is 0 Å². The van der Waals surface area contributed by atoms with Gasteiger partial charge >= 0.3 is 0 Å². The molecule has 3 heteroatoms. The molecule has 1 fully saturated rings. The topological polar surface area (TPSA) is 0 Å². The van der Waals surface area contributed by atoms with E-state index in [1.165, 1.54) is 6.42 Å². The van der Waals surface area contributed by atoms with Crippen LogP contribution in [0.25, 0.3) is 0 Å². The van der Waals surface area contributed by atoms with E-state index < -0.39 is 8.07 Å². The number of alkyl halides is 2. The van der Waals surface area contributed by atoms with Crippen molar-refractivity contribution in [2.75, 3.05) is 0 Å². The third kappa shape index (κ3) is 1.81. The van der Waals surface area contributed by atoms with Gasteiger partial charge in [0.1, 0.15) is 0 Å². The molecule has 0 heterocycles. The van der Waals surface area contributed by atoms with Crippen molar-refractivity contribution < 1.29 is 0 Å². The zero-order chi connectivity index (χ0) is 7.28. The van der Waals surface area contributed by atoms with Crippen molar-refractivity contribution in [3.8, 4) is 0 Å². The first-order valence-electron chi connectivity index (χ1n) is 3.22. The van der Waals surface area contributed by atoms with E-state index in [0.717, 1.165) is 5.54 Å². The van der Waals surface area contributed by atoms with E-state index in [1.54, 1.807) is 0 Å². The van der Waals surface area contributed by atoms with Crippen LogP contribution in [0.4, 0.5) is 0 Å². The van der Waals surface area contributed by atoms with Crippen molar-refractivity contribution in [2.24, 2.45) is 0 Å². The molecule has 0 aromatic rings. The fourth-order valence-electron chi connectivity index (χ4n) is 1.15. The first-order chi connectivity index (χ1) is 3.84. The van der Waals surface area contributed by atoms with E-state index in [-0.39, 0.29) is 0 Å². The number of hydrogen-bond donors (Lipinski definition) is 0. The smallest absolute Gasteiger partial charge is 0.0727 e. The van der Waals surface area contributed by atoms with Gasteiger partial charge in [-0.25, -0.2) is 0 Å². The Kier molecular flexibility index (Phi) is 1.91. The van der Waals surface area contributed by atoms with Crippen LogP contribution in [0.1, 0.15) is 6.42 Å². The lowest BCUT2D eigenvalue weighted by Gasteiger charge is -2.15. The Morgan fingerprint density at radius 1 is 1.33 bits per heavy atom. The zero-order valence-electron chi connectivity index (χ0n) is 6.04. The molecule has 1 saturated carbocycles. The van der Waals surface area contributed by atoms with Crippen LogP contribution in [0.2, 0.25) is 25.2 Å². The van der Waals surface area contributed by atoms with Crippen molar-refractivity contribution in [1.82, 2.24) is 0 Å². The largest absolute Gasteiger partial charge is 0.0811 e. The van der Waals surface area contributed by atoms with E-state index in [2.05, 4.69) is 51.5 Å². The molecule has 0 aromatic heterocycles. The minimum Gasteiger partial charge on any atom is -0.0727 e. The van der Waals surface area contributed by atoms with E-state index >= 15 is 0 Å². The molecule has 0 radical (unpaired) electrons. The Bertz CT molecular complexity index is 126. The van der Waals surface area contributed by atoms with E-state index in [0.29, 0.717) is 3.23 Å². The Morgan fingerprint density at radius 2 is 1.67 bits per heavy atom. The molecular weight excluding hydrogens is 260 g/mol. The first-order valence-corrected chi connectivity index (χ1v) is 8.38. The Morgan fingerprint density at radius 3 is 1.67 bits per heavy atom. The molecule has 1 rings (SSSR count). The van der Waals surface area contributed by atoms with Gasteiger partial charge in [-0.2, -0.15) is 0 Å². The zero-order valence-corrected chi connectivity index (χ0v) is 10.2. The van der Waals surface area contributed by atoms with Gasteiger partial charge in [-0.1, -0.05) is 51.5 Å². The van der Waals surface area contributed by atoms with Crippen molar-refractivity contribution in [3.05, 3.63) is 0 Å². The first kappa shape index (κ1) is 8.28. The maximum Gasteiger partial charge on any atom is 0.0811 e. The molecule has 54 valence electrons. The quantitative estimate of drug-likeness (QED) is 0.505. The molecule has 9 heavy (non-hydrogen) atoms. The third-order valence-corrected chi connectivity index (χ3v) is 7.26. The van der Waals surface area contributed by atoms with Gasteiger partial charge in [0.05, 0.1) is 11.3 Å². The highest BCUT2D eigenvalue weighted by molar-refractivity contribution is 9.25. The molecule has 0 N–H and O–H groups in total. The second kappa shape index (κ2) is 2.08. The predicted octanol–water partition coefficient (Wildman–Crippen LogP) is 3.58. The van der Waals surface area contributed by atoms with Crippen LogP contribution >= 0.6 is 31.9 Å². The van der Waals surface area contributed by atoms with E-state index in [4.69, 9.17) is 0 Å². The average Bonchev–Trinajstić information content (AvgIpc) is 2.10. The fraction of sp³-hybridized carbons (Fsp3) is 1.00. The second-order valence-electron chi connectivity index (χ2n) is 3.88. The summed E-state index contributed by atoms with van der Waals surface area (Å²) < 4.78 is 0.338. The van der Waals surface area contributed by atoms with Gasteiger partial charge in [0, 0.05) is 0 Å². The Hall–Kier alpha value is 1.18. The van der Waals surface area contributed by atoms with Gasteiger partial charge < -0.3 is 0 Å². The van der Waals surface area contributed by atoms with Gasteiger partial charge in [0.25, 0.3) is 0 Å². The molecule has 1 aliphatic carbocycles. The van der Waals surface area contributed by atoms with Gasteiger partial charge in [-0.05, 0) is 12.0 Å². The summed E-state index contributed by atoms with van der Waals surface area (Å²) in [6.07, 6.45) is 1.32. The van der Waals surface area contributed by atoms with Gasteiger partial charge in [-0.3, -0.25) is 0 Å². The predicted molar refractivity (Wildman–Crippen MR) is 52.3 cm³/mol. The van der Waals surface area contributed by atoms with Crippen LogP contribution in [0.5, 0.6) is 0 Å². The summed E-state index contributed by atoms with van der Waals surface area (Å²) in [6.45, 7) is 7.26. The fourth-order valence-corrected chi connectivity index (χ4v) is 8.72. The molecule has 1 aliphatic rings. The van der Waals surface area contributed by atoms with Crippen LogP contribution in [0.3, 0.4) is 0 Å². The van der Waals surface area contributed by atoms with Gasteiger partial charge in [-0.15, -0.1) is 0 Å². The Labute approximate surface area is 74.7 Å². The van der Waals surface area contributed by atoms with Gasteiger partial charge in [0.2, 0.25) is 0 Å². The summed E-state index contributed by atoms with van der Waals surface area (Å²) in [5.41, 5.74) is 0.935. The van der Waals surface area contributed by atoms with Gasteiger partial charge in [0.15, 0.2) is 0 Å². The highest BCUT2D eigenvalue weighted by Crippen LogP contribution is 2.65. The second-order valence-corrected chi connectivity index (χ2v) is 13.2. The SMILES string of the molecule is C[Si](C)(C)[C@@H]1CC1(Br)Br.